The zero-order chi connectivity index (χ0) is 16.0. The van der Waals surface area contributed by atoms with Crippen molar-refractivity contribution in [2.75, 3.05) is 0 Å². The number of alkyl halides is 3. The normalized spacial score (nSPS) is 11.6. The molecule has 2 aromatic rings. The van der Waals surface area contributed by atoms with Crippen molar-refractivity contribution in [3.8, 4) is 0 Å². The van der Waals surface area contributed by atoms with Gasteiger partial charge >= 0.3 is 6.18 Å². The fourth-order valence-electron chi connectivity index (χ4n) is 1.68. The molecule has 0 saturated carbocycles. The summed E-state index contributed by atoms with van der Waals surface area (Å²) < 4.78 is 37.0. The Morgan fingerprint density at radius 1 is 0.864 bits per heavy atom. The molecule has 0 fully saturated rings. The summed E-state index contributed by atoms with van der Waals surface area (Å²) in [5.41, 5.74) is 0. The Hall–Kier alpha value is -1.40. The Balaban J connectivity index is 2.11. The molecule has 0 aliphatic heterocycles. The van der Waals surface area contributed by atoms with E-state index >= 15 is 0 Å². The molecule has 0 radical (unpaired) electrons. The standard InChI is InChI=1S/C16H13F3OS2/c17-16(18,19)14(20)11-15(21-12-7-3-1-4-8-12)22-13-9-5-2-6-10-13/h1-10,15H,11H2. The number of hydrogen-bond donors (Lipinski definition) is 0. The van der Waals surface area contributed by atoms with Gasteiger partial charge in [0, 0.05) is 16.2 Å². The van der Waals surface area contributed by atoms with Crippen LogP contribution in [0.5, 0.6) is 0 Å². The van der Waals surface area contributed by atoms with Crippen molar-refractivity contribution in [2.45, 2.75) is 27.0 Å². The van der Waals surface area contributed by atoms with Gasteiger partial charge in [-0.05, 0) is 24.3 Å². The number of thioether (sulfide) groups is 2. The van der Waals surface area contributed by atoms with Crippen LogP contribution in [0.2, 0.25) is 0 Å². The van der Waals surface area contributed by atoms with E-state index in [0.717, 1.165) is 9.79 Å². The van der Waals surface area contributed by atoms with Crippen LogP contribution in [0.4, 0.5) is 13.2 Å². The van der Waals surface area contributed by atoms with Crippen molar-refractivity contribution in [1.29, 1.82) is 0 Å². The first-order valence-corrected chi connectivity index (χ1v) is 8.24. The highest BCUT2D eigenvalue weighted by atomic mass is 32.2. The summed E-state index contributed by atoms with van der Waals surface area (Å²) >= 11 is 2.54. The Labute approximate surface area is 135 Å². The second kappa shape index (κ2) is 7.74. The average Bonchev–Trinajstić information content (AvgIpc) is 2.48. The highest BCUT2D eigenvalue weighted by Gasteiger charge is 2.39. The molecule has 6 heteroatoms. The molecule has 0 aliphatic rings. The predicted molar refractivity (Wildman–Crippen MR) is 84.1 cm³/mol. The second-order valence-electron chi connectivity index (χ2n) is 4.42. The van der Waals surface area contributed by atoms with E-state index in [1.165, 1.54) is 23.5 Å². The van der Waals surface area contributed by atoms with Crippen LogP contribution in [0, 0.1) is 0 Å². The summed E-state index contributed by atoms with van der Waals surface area (Å²) in [7, 11) is 0. The number of ketones is 1. The van der Waals surface area contributed by atoms with E-state index in [-0.39, 0.29) is 0 Å². The topological polar surface area (TPSA) is 17.1 Å². The Morgan fingerprint density at radius 3 is 1.64 bits per heavy atom. The summed E-state index contributed by atoms with van der Waals surface area (Å²) in [6, 6.07) is 18.2. The van der Waals surface area contributed by atoms with Gasteiger partial charge in [-0.3, -0.25) is 4.79 Å². The number of hydrogen-bond acceptors (Lipinski definition) is 3. The highest BCUT2D eigenvalue weighted by molar-refractivity contribution is 8.17. The highest BCUT2D eigenvalue weighted by Crippen LogP contribution is 2.38. The molecule has 0 saturated heterocycles. The van der Waals surface area contributed by atoms with Crippen molar-refractivity contribution in [3.63, 3.8) is 0 Å². The minimum atomic E-state index is -4.78. The first-order valence-electron chi connectivity index (χ1n) is 6.48. The van der Waals surface area contributed by atoms with E-state index in [2.05, 4.69) is 0 Å². The minimum absolute atomic E-state index is 0.529. The maximum atomic E-state index is 12.5. The third-order valence-corrected chi connectivity index (χ3v) is 5.21. The van der Waals surface area contributed by atoms with Gasteiger partial charge in [-0.15, -0.1) is 23.5 Å². The lowest BCUT2D eigenvalue weighted by Crippen LogP contribution is -2.25. The van der Waals surface area contributed by atoms with Gasteiger partial charge in [-0.2, -0.15) is 13.2 Å². The first-order chi connectivity index (χ1) is 10.4. The second-order valence-corrected chi connectivity index (χ2v) is 7.27. The molecule has 0 heterocycles. The lowest BCUT2D eigenvalue weighted by molar-refractivity contribution is -0.170. The summed E-state index contributed by atoms with van der Waals surface area (Å²) in [4.78, 5) is 13.0. The number of carbonyl (C=O) groups is 1. The summed E-state index contributed by atoms with van der Waals surface area (Å²) in [5, 5.41) is 0. The van der Waals surface area contributed by atoms with Gasteiger partial charge in [0.15, 0.2) is 0 Å². The molecule has 116 valence electrons. The van der Waals surface area contributed by atoms with Gasteiger partial charge in [0.05, 0.1) is 4.58 Å². The molecule has 0 N–H and O–H groups in total. The number of rotatable bonds is 6. The summed E-state index contributed by atoms with van der Waals surface area (Å²) in [6.45, 7) is 0. The minimum Gasteiger partial charge on any atom is -0.290 e. The van der Waals surface area contributed by atoms with Crippen molar-refractivity contribution < 1.29 is 18.0 Å². The quantitative estimate of drug-likeness (QED) is 0.515. The fourth-order valence-corrected chi connectivity index (χ4v) is 4.24. The number of benzene rings is 2. The maximum absolute atomic E-state index is 12.5. The molecule has 0 spiro atoms. The molecule has 2 rings (SSSR count). The first kappa shape index (κ1) is 17.0. The van der Waals surface area contributed by atoms with E-state index < -0.39 is 23.0 Å². The molecule has 22 heavy (non-hydrogen) atoms. The predicted octanol–water partition coefficient (Wildman–Crippen LogP) is 5.42. The van der Waals surface area contributed by atoms with Crippen LogP contribution in [0.25, 0.3) is 0 Å². The summed E-state index contributed by atoms with van der Waals surface area (Å²) in [5.74, 6) is -1.69. The van der Waals surface area contributed by atoms with Crippen LogP contribution < -0.4 is 0 Å². The molecule has 0 unspecified atom stereocenters. The molecular formula is C16H13F3OS2. The van der Waals surface area contributed by atoms with Gasteiger partial charge in [0.2, 0.25) is 5.78 Å². The third-order valence-electron chi connectivity index (χ3n) is 2.69. The number of Topliss-reactive ketones (excluding diaryl/α,β-unsaturated/α-hetero) is 1. The van der Waals surface area contributed by atoms with Gasteiger partial charge in [-0.1, -0.05) is 36.4 Å². The van der Waals surface area contributed by atoms with Gasteiger partial charge < -0.3 is 0 Å². The zero-order valence-electron chi connectivity index (χ0n) is 11.4. The maximum Gasteiger partial charge on any atom is 0.450 e. The van der Waals surface area contributed by atoms with Gasteiger partial charge in [0.25, 0.3) is 0 Å². The lowest BCUT2D eigenvalue weighted by atomic mass is 10.3. The molecular weight excluding hydrogens is 329 g/mol. The third kappa shape index (κ3) is 5.42. The van der Waals surface area contributed by atoms with E-state index in [9.17, 15) is 18.0 Å². The van der Waals surface area contributed by atoms with E-state index in [1.54, 1.807) is 0 Å². The van der Waals surface area contributed by atoms with E-state index in [0.29, 0.717) is 0 Å². The molecule has 1 nitrogen and oxygen atoms in total. The monoisotopic (exact) mass is 342 g/mol. The van der Waals surface area contributed by atoms with Crippen LogP contribution in [0.1, 0.15) is 6.42 Å². The fraction of sp³-hybridized carbons (Fsp3) is 0.188. The van der Waals surface area contributed by atoms with Crippen molar-refractivity contribution in [2.24, 2.45) is 0 Å². The zero-order valence-corrected chi connectivity index (χ0v) is 13.0. The number of halogens is 3. The molecule has 0 aromatic heterocycles. The van der Waals surface area contributed by atoms with E-state index in [1.807, 2.05) is 60.7 Å². The smallest absolute Gasteiger partial charge is 0.290 e. The van der Waals surface area contributed by atoms with Crippen molar-refractivity contribution in [1.82, 2.24) is 0 Å². The van der Waals surface area contributed by atoms with Crippen LogP contribution in [0.15, 0.2) is 70.5 Å². The Bertz CT molecular complexity index is 558. The molecule has 0 atom stereocenters. The summed E-state index contributed by atoms with van der Waals surface area (Å²) in [6.07, 6.45) is -5.34. The van der Waals surface area contributed by atoms with Crippen LogP contribution in [-0.2, 0) is 4.79 Å². The SMILES string of the molecule is O=C(CC(Sc1ccccc1)Sc1ccccc1)C(F)(F)F. The van der Waals surface area contributed by atoms with Crippen LogP contribution in [-0.4, -0.2) is 16.5 Å². The van der Waals surface area contributed by atoms with Crippen molar-refractivity contribution >= 4 is 29.3 Å². The van der Waals surface area contributed by atoms with Gasteiger partial charge in [-0.25, -0.2) is 0 Å². The largest absolute Gasteiger partial charge is 0.450 e. The van der Waals surface area contributed by atoms with Crippen molar-refractivity contribution in [3.05, 3.63) is 60.7 Å². The van der Waals surface area contributed by atoms with Gasteiger partial charge in [0.1, 0.15) is 0 Å². The van der Waals surface area contributed by atoms with E-state index in [4.69, 9.17) is 0 Å². The molecule has 2 aromatic carbocycles. The van der Waals surface area contributed by atoms with Crippen LogP contribution in [0.3, 0.4) is 0 Å². The average molecular weight is 342 g/mol. The Kier molecular flexibility index (Phi) is 5.97. The molecule has 0 aliphatic carbocycles. The Morgan fingerprint density at radius 2 is 1.27 bits per heavy atom. The molecule has 0 amide bonds. The molecule has 0 bridgehead atoms. The number of carbonyl (C=O) groups excluding carboxylic acids is 1. The van der Waals surface area contributed by atoms with Crippen LogP contribution >= 0.6 is 23.5 Å². The lowest BCUT2D eigenvalue weighted by Gasteiger charge is -2.16.